The molecule has 0 spiro atoms. The van der Waals surface area contributed by atoms with E-state index >= 15 is 0 Å². The van der Waals surface area contributed by atoms with Crippen molar-refractivity contribution in [1.29, 1.82) is 0 Å². The molecule has 5 nitrogen and oxygen atoms in total. The minimum atomic E-state index is -1.17. The molecule has 0 bridgehead atoms. The number of aliphatic hydroxyl groups is 1. The molecule has 0 fully saturated rings. The lowest BCUT2D eigenvalue weighted by Gasteiger charge is -2.07. The molecule has 5 heteroatoms. The van der Waals surface area contributed by atoms with Gasteiger partial charge in [-0.05, 0) is 0 Å². The zero-order valence-corrected chi connectivity index (χ0v) is 6.80. The van der Waals surface area contributed by atoms with E-state index in [-0.39, 0.29) is 24.3 Å². The molecule has 0 aliphatic carbocycles. The van der Waals surface area contributed by atoms with Gasteiger partial charge in [-0.15, -0.1) is 0 Å². The van der Waals surface area contributed by atoms with E-state index in [2.05, 4.69) is 0 Å². The highest BCUT2D eigenvalue weighted by molar-refractivity contribution is 5.85. The van der Waals surface area contributed by atoms with Crippen molar-refractivity contribution in [2.45, 2.75) is 6.54 Å². The fraction of sp³-hybridized carbons (Fsp3) is 0.250. The van der Waals surface area contributed by atoms with E-state index in [4.69, 9.17) is 10.2 Å². The molecule has 1 heterocycles. The summed E-state index contributed by atoms with van der Waals surface area (Å²) in [6.45, 7) is 0.00502. The van der Waals surface area contributed by atoms with Crippen molar-refractivity contribution in [3.8, 4) is 0 Å². The highest BCUT2D eigenvalue weighted by atomic mass is 16.4. The highest BCUT2D eigenvalue weighted by Crippen LogP contribution is 1.96. The Kier molecular flexibility index (Phi) is 2.81. The number of rotatable bonds is 3. The minimum absolute atomic E-state index is 0.110. The van der Waals surface area contributed by atoms with Crippen molar-refractivity contribution in [2.24, 2.45) is 0 Å². The van der Waals surface area contributed by atoms with Crippen LogP contribution in [-0.4, -0.2) is 27.4 Å². The summed E-state index contributed by atoms with van der Waals surface area (Å²) >= 11 is 0. The second kappa shape index (κ2) is 3.86. The topological polar surface area (TPSA) is 79.5 Å². The number of nitrogens with zero attached hydrogens (tertiary/aromatic N) is 1. The van der Waals surface area contributed by atoms with E-state index in [1.807, 2.05) is 0 Å². The van der Waals surface area contributed by atoms with Crippen molar-refractivity contribution >= 4 is 5.97 Å². The Balaban J connectivity index is 3.18. The SMILES string of the molecule is O=C(O)c1cc(=O)ccn1CCO. The number of aliphatic hydroxyl groups excluding tert-OH is 1. The number of hydrogen-bond acceptors (Lipinski definition) is 3. The average Bonchev–Trinajstić information content (AvgIpc) is 2.08. The van der Waals surface area contributed by atoms with Crippen LogP contribution in [0.15, 0.2) is 23.1 Å². The predicted octanol–water partition coefficient (Wildman–Crippen LogP) is -0.461. The van der Waals surface area contributed by atoms with Crippen LogP contribution in [0.5, 0.6) is 0 Å². The molecular weight excluding hydrogens is 174 g/mol. The maximum absolute atomic E-state index is 10.8. The summed E-state index contributed by atoms with van der Waals surface area (Å²) in [6, 6.07) is 2.28. The quantitative estimate of drug-likeness (QED) is 0.664. The van der Waals surface area contributed by atoms with Crippen molar-refractivity contribution in [1.82, 2.24) is 4.57 Å². The van der Waals surface area contributed by atoms with Crippen molar-refractivity contribution in [3.63, 3.8) is 0 Å². The van der Waals surface area contributed by atoms with Gasteiger partial charge in [0, 0.05) is 24.9 Å². The predicted molar refractivity (Wildman–Crippen MR) is 44.7 cm³/mol. The summed E-state index contributed by atoms with van der Waals surface area (Å²) in [7, 11) is 0. The largest absolute Gasteiger partial charge is 0.477 e. The monoisotopic (exact) mass is 183 g/mol. The van der Waals surface area contributed by atoms with Gasteiger partial charge in [0.15, 0.2) is 5.43 Å². The highest BCUT2D eigenvalue weighted by Gasteiger charge is 2.07. The van der Waals surface area contributed by atoms with Gasteiger partial charge in [0.25, 0.3) is 0 Å². The smallest absolute Gasteiger partial charge is 0.352 e. The van der Waals surface area contributed by atoms with Gasteiger partial charge in [-0.25, -0.2) is 4.79 Å². The van der Waals surface area contributed by atoms with Gasteiger partial charge in [-0.2, -0.15) is 0 Å². The van der Waals surface area contributed by atoms with Crippen LogP contribution in [-0.2, 0) is 6.54 Å². The first-order chi connectivity index (χ1) is 6.15. The molecule has 70 valence electrons. The summed E-state index contributed by atoms with van der Waals surface area (Å²) in [5.74, 6) is -1.17. The summed E-state index contributed by atoms with van der Waals surface area (Å²) < 4.78 is 1.31. The summed E-state index contributed by atoms with van der Waals surface area (Å²) in [5, 5.41) is 17.3. The molecule has 0 atom stereocenters. The normalized spacial score (nSPS) is 9.92. The molecule has 0 saturated heterocycles. The lowest BCUT2D eigenvalue weighted by molar-refractivity contribution is 0.0682. The van der Waals surface area contributed by atoms with Crippen molar-refractivity contribution in [2.75, 3.05) is 6.61 Å². The molecule has 0 aliphatic rings. The molecular formula is C8H9NO4. The van der Waals surface area contributed by atoms with E-state index in [0.29, 0.717) is 0 Å². The number of carboxylic acid groups (broad SMARTS) is 1. The van der Waals surface area contributed by atoms with Crippen LogP contribution in [0.4, 0.5) is 0 Å². The number of aromatic carboxylic acids is 1. The van der Waals surface area contributed by atoms with Gasteiger partial charge in [-0.1, -0.05) is 0 Å². The number of hydrogen-bond donors (Lipinski definition) is 2. The maximum atomic E-state index is 10.8. The van der Waals surface area contributed by atoms with E-state index in [0.717, 1.165) is 6.07 Å². The Bertz CT molecular complexity index is 369. The van der Waals surface area contributed by atoms with Crippen LogP contribution < -0.4 is 5.43 Å². The summed E-state index contributed by atoms with van der Waals surface area (Å²) in [5.41, 5.74) is -0.465. The van der Waals surface area contributed by atoms with Gasteiger partial charge >= 0.3 is 5.97 Å². The van der Waals surface area contributed by atoms with Crippen molar-refractivity contribution < 1.29 is 15.0 Å². The second-order valence-electron chi connectivity index (χ2n) is 2.47. The first-order valence-corrected chi connectivity index (χ1v) is 3.70. The van der Waals surface area contributed by atoms with E-state index < -0.39 is 5.97 Å². The van der Waals surface area contributed by atoms with Crippen molar-refractivity contribution in [3.05, 3.63) is 34.2 Å². The van der Waals surface area contributed by atoms with Crippen LogP contribution in [0.2, 0.25) is 0 Å². The third-order valence-electron chi connectivity index (χ3n) is 1.57. The van der Waals surface area contributed by atoms with E-state index in [1.165, 1.54) is 16.8 Å². The molecule has 0 radical (unpaired) electrons. The van der Waals surface area contributed by atoms with Crippen LogP contribution in [0.25, 0.3) is 0 Å². The lowest BCUT2D eigenvalue weighted by atomic mass is 10.3. The van der Waals surface area contributed by atoms with Gasteiger partial charge in [0.2, 0.25) is 0 Å². The zero-order chi connectivity index (χ0) is 9.84. The minimum Gasteiger partial charge on any atom is -0.477 e. The Morgan fingerprint density at radius 3 is 2.77 bits per heavy atom. The third kappa shape index (κ3) is 2.16. The lowest BCUT2D eigenvalue weighted by Crippen LogP contribution is -2.17. The maximum Gasteiger partial charge on any atom is 0.352 e. The number of carbonyl (C=O) groups is 1. The zero-order valence-electron chi connectivity index (χ0n) is 6.80. The molecule has 0 unspecified atom stereocenters. The Morgan fingerprint density at radius 1 is 1.54 bits per heavy atom. The molecule has 0 aromatic carbocycles. The number of pyridine rings is 1. The molecule has 0 saturated carbocycles. The average molecular weight is 183 g/mol. The fourth-order valence-electron chi connectivity index (χ4n) is 0.997. The molecule has 0 aliphatic heterocycles. The molecule has 1 aromatic rings. The van der Waals surface area contributed by atoms with Gasteiger partial charge in [0.05, 0.1) is 6.61 Å². The molecule has 2 N–H and O–H groups in total. The van der Waals surface area contributed by atoms with E-state index in [1.54, 1.807) is 0 Å². The summed E-state index contributed by atoms with van der Waals surface area (Å²) in [4.78, 5) is 21.4. The van der Waals surface area contributed by atoms with Crippen LogP contribution in [0.3, 0.4) is 0 Å². The molecule has 13 heavy (non-hydrogen) atoms. The number of aromatic nitrogens is 1. The van der Waals surface area contributed by atoms with E-state index in [9.17, 15) is 9.59 Å². The molecule has 1 aromatic heterocycles. The summed E-state index contributed by atoms with van der Waals surface area (Å²) in [6.07, 6.45) is 1.35. The van der Waals surface area contributed by atoms with Crippen LogP contribution in [0.1, 0.15) is 10.5 Å². The Labute approximate surface area is 73.9 Å². The Morgan fingerprint density at radius 2 is 2.23 bits per heavy atom. The first kappa shape index (κ1) is 9.47. The molecule has 1 rings (SSSR count). The third-order valence-corrected chi connectivity index (χ3v) is 1.57. The fourth-order valence-corrected chi connectivity index (χ4v) is 0.997. The standard InChI is InChI=1S/C8H9NO4/c10-4-3-9-2-1-6(11)5-7(9)8(12)13/h1-2,5,10H,3-4H2,(H,12,13). The first-order valence-electron chi connectivity index (χ1n) is 3.70. The number of carboxylic acids is 1. The van der Waals surface area contributed by atoms with Gasteiger partial charge < -0.3 is 14.8 Å². The molecule has 0 amide bonds. The van der Waals surface area contributed by atoms with Gasteiger partial charge in [-0.3, -0.25) is 4.79 Å². The van der Waals surface area contributed by atoms with Crippen LogP contribution in [0, 0.1) is 0 Å². The Hall–Kier alpha value is -1.62. The van der Waals surface area contributed by atoms with Crippen LogP contribution >= 0.6 is 0 Å². The van der Waals surface area contributed by atoms with Gasteiger partial charge in [0.1, 0.15) is 5.69 Å². The second-order valence-corrected chi connectivity index (χ2v) is 2.47.